The van der Waals surface area contributed by atoms with E-state index in [1.54, 1.807) is 5.38 Å². The van der Waals surface area contributed by atoms with Crippen molar-refractivity contribution < 1.29 is 58.5 Å². The van der Waals surface area contributed by atoms with Gasteiger partial charge in [-0.05, 0) is 18.9 Å². The van der Waals surface area contributed by atoms with E-state index in [9.17, 15) is 19.5 Å². The molecule has 11 nitrogen and oxygen atoms in total. The topological polar surface area (TPSA) is 151 Å². The van der Waals surface area contributed by atoms with Crippen molar-refractivity contribution in [3.05, 3.63) is 51.9 Å². The third-order valence-corrected chi connectivity index (χ3v) is 8.21. The number of β-lactam (4-membered cyclic amide) rings is 1. The minimum atomic E-state index is -1.16. The standard InChI is InChI=1S/C22H22N6O5S2.Na/c1-33-26-15(13-10-35-22(23)24-13)18(29)25-16-19(30)28-17(21(31)32)12(9-34-20(16)28)8-27-7-3-5-11-4-2-6-14(11)27;/h3,5,7,10,16,20H,2,4,6,8-9H2,1H3,(H3-,23,24,25,29,31,32);/q;+1/p+1/b26-15-;/t16-,20-;/m1./s1. The average molecular weight is 539 g/mol. The van der Waals surface area contributed by atoms with Crippen LogP contribution in [0.3, 0.4) is 0 Å². The zero-order chi connectivity index (χ0) is 24.7. The van der Waals surface area contributed by atoms with Crippen LogP contribution in [0.5, 0.6) is 0 Å². The molecule has 0 unspecified atom stereocenters. The van der Waals surface area contributed by atoms with Crippen LogP contribution in [0.1, 0.15) is 23.4 Å². The number of carboxylic acid groups (broad SMARTS) is 1. The van der Waals surface area contributed by atoms with Gasteiger partial charge in [-0.25, -0.2) is 9.78 Å². The number of pyridine rings is 1. The molecular formula is C22H23N6NaO5S2+2. The van der Waals surface area contributed by atoms with Gasteiger partial charge in [0.1, 0.15) is 29.9 Å². The summed E-state index contributed by atoms with van der Waals surface area (Å²) in [6.07, 6.45) is 5.01. The summed E-state index contributed by atoms with van der Waals surface area (Å²) in [5.41, 5.74) is 8.92. The Morgan fingerprint density at radius 1 is 1.42 bits per heavy atom. The van der Waals surface area contributed by atoms with Crippen LogP contribution in [0, 0.1) is 0 Å². The van der Waals surface area contributed by atoms with E-state index in [4.69, 9.17) is 10.6 Å². The molecule has 0 aromatic carbocycles. The van der Waals surface area contributed by atoms with Crippen molar-refractivity contribution in [3.8, 4) is 0 Å². The molecule has 2 aromatic heterocycles. The molecule has 5 rings (SSSR count). The molecule has 0 saturated carbocycles. The summed E-state index contributed by atoms with van der Waals surface area (Å²) in [5.74, 6) is -1.86. The molecule has 1 saturated heterocycles. The molecule has 4 N–H and O–H groups in total. The number of nitrogen functional groups attached to an aromatic ring is 1. The number of amides is 2. The first-order valence-electron chi connectivity index (χ1n) is 10.9. The number of anilines is 1. The second kappa shape index (κ2) is 10.9. The number of aromatic nitrogens is 2. The number of carbonyl (C=O) groups excluding carboxylic acids is 2. The number of nitrogens with one attached hydrogen (secondary N) is 1. The number of hydrogen-bond acceptors (Lipinski definition) is 9. The molecule has 0 bridgehead atoms. The molecule has 36 heavy (non-hydrogen) atoms. The predicted molar refractivity (Wildman–Crippen MR) is 128 cm³/mol. The SMILES string of the molecule is CO/N=C(\C(=O)N[C@@H]1C(=O)N2C(C(=O)O)=C(C[n+]3cccc4c3CCC4)CS[C@H]12)c1csc(N)n1.[Na+]. The number of carbonyl (C=O) groups is 3. The first-order valence-corrected chi connectivity index (χ1v) is 12.9. The third kappa shape index (κ3) is 4.77. The number of aryl methyl sites for hydroxylation is 1. The molecule has 1 aliphatic carbocycles. The van der Waals surface area contributed by atoms with Gasteiger partial charge in [0, 0.05) is 34.8 Å². The molecule has 1 fully saturated rings. The summed E-state index contributed by atoms with van der Waals surface area (Å²) < 4.78 is 2.08. The van der Waals surface area contributed by atoms with Gasteiger partial charge in [0.05, 0.1) is 0 Å². The van der Waals surface area contributed by atoms with Crippen LogP contribution in [0.25, 0.3) is 0 Å². The maximum absolute atomic E-state index is 13.0. The van der Waals surface area contributed by atoms with Crippen LogP contribution in [0.15, 0.2) is 40.1 Å². The summed E-state index contributed by atoms with van der Waals surface area (Å²) in [5, 5.41) is 17.7. The monoisotopic (exact) mass is 538 g/mol. The fourth-order valence-electron chi connectivity index (χ4n) is 4.67. The van der Waals surface area contributed by atoms with E-state index >= 15 is 0 Å². The van der Waals surface area contributed by atoms with Crippen molar-refractivity contribution >= 4 is 51.7 Å². The molecular weight excluding hydrogens is 515 g/mol. The molecule has 0 radical (unpaired) electrons. The number of carboxylic acids is 1. The van der Waals surface area contributed by atoms with E-state index in [0.29, 0.717) is 17.9 Å². The van der Waals surface area contributed by atoms with Crippen LogP contribution < -0.4 is 45.2 Å². The quantitative estimate of drug-likeness (QED) is 0.113. The molecule has 182 valence electrons. The van der Waals surface area contributed by atoms with E-state index in [1.807, 2.05) is 12.3 Å². The number of fused-ring (bicyclic) bond motifs is 2. The average Bonchev–Trinajstić information content (AvgIpc) is 3.49. The van der Waals surface area contributed by atoms with Gasteiger partial charge < -0.3 is 21.0 Å². The van der Waals surface area contributed by atoms with Gasteiger partial charge in [0.15, 0.2) is 29.3 Å². The van der Waals surface area contributed by atoms with Crippen molar-refractivity contribution in [2.24, 2.45) is 5.16 Å². The molecule has 2 amide bonds. The van der Waals surface area contributed by atoms with Crippen LogP contribution in [-0.4, -0.2) is 62.8 Å². The third-order valence-electron chi connectivity index (χ3n) is 6.20. The van der Waals surface area contributed by atoms with E-state index in [0.717, 1.165) is 30.6 Å². The van der Waals surface area contributed by atoms with Gasteiger partial charge in [-0.3, -0.25) is 14.5 Å². The fourth-order valence-corrected chi connectivity index (χ4v) is 6.56. The number of nitrogens with zero attached hydrogens (tertiary/aromatic N) is 4. The van der Waals surface area contributed by atoms with Gasteiger partial charge in [0.2, 0.25) is 0 Å². The largest absolute Gasteiger partial charge is 1.00 e. The molecule has 3 aliphatic rings. The number of nitrogens with two attached hydrogens (primary N) is 1. The Balaban J connectivity index is 0.00000304. The number of hydrogen-bond donors (Lipinski definition) is 3. The Kier molecular flexibility index (Phi) is 8.05. The Bertz CT molecular complexity index is 1300. The predicted octanol–water partition coefficient (Wildman–Crippen LogP) is -2.71. The van der Waals surface area contributed by atoms with Crippen molar-refractivity contribution in [1.29, 1.82) is 0 Å². The van der Waals surface area contributed by atoms with Gasteiger partial charge in [-0.2, -0.15) is 4.57 Å². The maximum atomic E-state index is 13.0. The number of aliphatic carboxylic acids is 1. The second-order valence-electron chi connectivity index (χ2n) is 8.27. The van der Waals surface area contributed by atoms with Gasteiger partial charge in [-0.1, -0.05) is 5.16 Å². The molecule has 2 aliphatic heterocycles. The molecule has 2 aromatic rings. The Morgan fingerprint density at radius 3 is 2.92 bits per heavy atom. The zero-order valence-electron chi connectivity index (χ0n) is 19.8. The van der Waals surface area contributed by atoms with E-state index < -0.39 is 29.2 Å². The van der Waals surface area contributed by atoms with E-state index in [2.05, 4.69) is 26.1 Å². The second-order valence-corrected chi connectivity index (χ2v) is 10.3. The molecule has 2 atom stereocenters. The van der Waals surface area contributed by atoms with Gasteiger partial charge in [0.25, 0.3) is 11.8 Å². The summed E-state index contributed by atoms with van der Waals surface area (Å²) in [6.45, 7) is 0.404. The molecule has 14 heteroatoms. The number of thioether (sulfide) groups is 1. The van der Waals surface area contributed by atoms with E-state index in [-0.39, 0.29) is 51.8 Å². The Morgan fingerprint density at radius 2 is 2.22 bits per heavy atom. The summed E-state index contributed by atoms with van der Waals surface area (Å²) in [7, 11) is 1.29. The van der Waals surface area contributed by atoms with Crippen LogP contribution in [-0.2, 0) is 38.6 Å². The van der Waals surface area contributed by atoms with Crippen molar-refractivity contribution in [1.82, 2.24) is 15.2 Å². The summed E-state index contributed by atoms with van der Waals surface area (Å²) in [4.78, 5) is 48.2. The fraction of sp³-hybridized carbons (Fsp3) is 0.364. The van der Waals surface area contributed by atoms with Crippen LogP contribution >= 0.6 is 23.1 Å². The normalized spacial score (nSPS) is 20.8. The van der Waals surface area contributed by atoms with Gasteiger partial charge in [-0.15, -0.1) is 23.1 Å². The van der Waals surface area contributed by atoms with Crippen LogP contribution in [0.4, 0.5) is 5.13 Å². The summed E-state index contributed by atoms with van der Waals surface area (Å²) >= 11 is 2.57. The molecule has 0 spiro atoms. The first kappa shape index (κ1) is 26.6. The number of rotatable bonds is 7. The number of oxime groups is 1. The van der Waals surface area contributed by atoms with Gasteiger partial charge >= 0.3 is 35.5 Å². The Hall–Kier alpha value is -2.45. The summed E-state index contributed by atoms with van der Waals surface area (Å²) in [6, 6.07) is 3.18. The van der Waals surface area contributed by atoms with Crippen molar-refractivity contribution in [2.45, 2.75) is 37.2 Å². The smallest absolute Gasteiger partial charge is 0.477 e. The number of thiazole rings is 1. The Labute approximate surface area is 237 Å². The maximum Gasteiger partial charge on any atom is 1.00 e. The first-order chi connectivity index (χ1) is 16.9. The van der Waals surface area contributed by atoms with Crippen molar-refractivity contribution in [2.75, 3.05) is 18.6 Å². The molecule has 4 heterocycles. The minimum absolute atomic E-state index is 0. The van der Waals surface area contributed by atoms with E-state index in [1.165, 1.54) is 35.0 Å². The van der Waals surface area contributed by atoms with Crippen molar-refractivity contribution in [3.63, 3.8) is 0 Å². The zero-order valence-corrected chi connectivity index (χ0v) is 23.4. The van der Waals surface area contributed by atoms with Crippen LogP contribution in [0.2, 0.25) is 0 Å². The minimum Gasteiger partial charge on any atom is -0.477 e.